The van der Waals surface area contributed by atoms with E-state index in [1.807, 2.05) is 6.20 Å². The van der Waals surface area contributed by atoms with Crippen molar-refractivity contribution < 1.29 is 4.74 Å². The molecule has 0 amide bonds. The lowest BCUT2D eigenvalue weighted by Crippen LogP contribution is -2.25. The molecule has 34 heavy (non-hydrogen) atoms. The Balaban J connectivity index is 1.49. The fraction of sp³-hybridized carbons (Fsp3) is 0.414. The molecular formula is C29H38N4O. The largest absolute Gasteiger partial charge is 0.494 e. The molecule has 180 valence electrons. The molecule has 0 radical (unpaired) electrons. The van der Waals surface area contributed by atoms with Crippen LogP contribution in [-0.4, -0.2) is 47.7 Å². The minimum Gasteiger partial charge on any atom is -0.494 e. The van der Waals surface area contributed by atoms with Crippen LogP contribution in [0.25, 0.3) is 33.1 Å². The quantitative estimate of drug-likeness (QED) is 0.235. The molecule has 0 bridgehead atoms. The molecule has 2 aromatic heterocycles. The van der Waals surface area contributed by atoms with E-state index in [4.69, 9.17) is 10.5 Å². The van der Waals surface area contributed by atoms with Gasteiger partial charge in [0.1, 0.15) is 11.4 Å². The van der Waals surface area contributed by atoms with E-state index in [9.17, 15) is 0 Å². The van der Waals surface area contributed by atoms with Gasteiger partial charge < -0.3 is 20.4 Å². The van der Waals surface area contributed by atoms with E-state index in [-0.39, 0.29) is 0 Å². The van der Waals surface area contributed by atoms with Crippen LogP contribution in [0.3, 0.4) is 0 Å². The summed E-state index contributed by atoms with van der Waals surface area (Å²) < 4.78 is 5.97. The van der Waals surface area contributed by atoms with Crippen molar-refractivity contribution in [3.63, 3.8) is 0 Å². The summed E-state index contributed by atoms with van der Waals surface area (Å²) >= 11 is 0. The predicted octanol–water partition coefficient (Wildman–Crippen LogP) is 6.17. The minimum absolute atomic E-state index is 0.748. The van der Waals surface area contributed by atoms with E-state index in [2.05, 4.69) is 77.2 Å². The third-order valence-corrected chi connectivity index (χ3v) is 6.70. The van der Waals surface area contributed by atoms with Gasteiger partial charge in [0.05, 0.1) is 6.61 Å². The van der Waals surface area contributed by atoms with Gasteiger partial charge in [-0.15, -0.1) is 0 Å². The zero-order chi connectivity index (χ0) is 23.8. The number of nitrogens with one attached hydrogen (secondary N) is 1. The van der Waals surface area contributed by atoms with Crippen molar-refractivity contribution in [1.29, 1.82) is 0 Å². The molecule has 0 aliphatic carbocycles. The predicted molar refractivity (Wildman–Crippen MR) is 144 cm³/mol. The Bertz CT molecular complexity index is 1180. The summed E-state index contributed by atoms with van der Waals surface area (Å²) in [6.07, 6.45) is 7.41. The smallest absolute Gasteiger partial charge is 0.138 e. The number of hydrogen-bond acceptors (Lipinski definition) is 4. The molecular weight excluding hydrogens is 420 g/mol. The zero-order valence-corrected chi connectivity index (χ0v) is 20.6. The van der Waals surface area contributed by atoms with Crippen molar-refractivity contribution >= 4 is 21.9 Å². The molecule has 0 saturated heterocycles. The molecule has 5 heteroatoms. The summed E-state index contributed by atoms with van der Waals surface area (Å²) in [5, 5.41) is 2.49. The molecule has 4 rings (SSSR count). The number of rotatable bonds is 13. The molecule has 2 heterocycles. The van der Waals surface area contributed by atoms with Gasteiger partial charge >= 0.3 is 0 Å². The second-order valence-electron chi connectivity index (χ2n) is 8.93. The van der Waals surface area contributed by atoms with Crippen molar-refractivity contribution in [1.82, 2.24) is 14.9 Å². The number of nitrogens with zero attached hydrogens (tertiary/aromatic N) is 2. The summed E-state index contributed by atoms with van der Waals surface area (Å²) in [7, 11) is 0. The SMILES string of the molecule is CCN(CC)CCCOc1ccc(-c2ccc3[nH]c4nccc(CCCCCN)c4c3c2)cc1. The standard InChI is InChI=1S/C29H38N4O/c1-3-33(4-2)19-8-20-34-25-13-10-22(11-14-25)24-12-15-27-26(21-24)28-23(9-6-5-7-17-30)16-18-31-29(28)32-27/h10-16,18,21H,3-9,17,19-20,30H2,1-2H3,(H,31,32). The third kappa shape index (κ3) is 5.78. The lowest BCUT2D eigenvalue weighted by Gasteiger charge is -2.17. The van der Waals surface area contributed by atoms with Crippen LogP contribution in [-0.2, 0) is 6.42 Å². The maximum atomic E-state index is 5.97. The Kier molecular flexibility index (Phi) is 8.56. The topological polar surface area (TPSA) is 67.2 Å². The number of aromatic nitrogens is 2. The zero-order valence-electron chi connectivity index (χ0n) is 20.6. The van der Waals surface area contributed by atoms with Gasteiger partial charge in [-0.05, 0) is 92.3 Å². The van der Waals surface area contributed by atoms with Crippen LogP contribution in [0.1, 0.15) is 45.1 Å². The number of nitrogens with two attached hydrogens (primary N) is 1. The maximum absolute atomic E-state index is 5.97. The average Bonchev–Trinajstić information content (AvgIpc) is 3.26. The normalized spacial score (nSPS) is 11.6. The van der Waals surface area contributed by atoms with Crippen molar-refractivity contribution in [3.05, 3.63) is 60.3 Å². The molecule has 5 nitrogen and oxygen atoms in total. The maximum Gasteiger partial charge on any atom is 0.138 e. The molecule has 0 aliphatic rings. The number of H-pyrrole nitrogens is 1. The number of benzene rings is 2. The Morgan fingerprint density at radius 1 is 0.912 bits per heavy atom. The molecule has 4 aromatic rings. The van der Waals surface area contributed by atoms with E-state index in [1.165, 1.54) is 27.5 Å². The number of pyridine rings is 1. The van der Waals surface area contributed by atoms with Gasteiger partial charge in [-0.2, -0.15) is 0 Å². The summed E-state index contributed by atoms with van der Waals surface area (Å²) in [5.41, 5.74) is 11.5. The minimum atomic E-state index is 0.748. The molecule has 0 fully saturated rings. The number of hydrogen-bond donors (Lipinski definition) is 2. The fourth-order valence-corrected chi connectivity index (χ4v) is 4.67. The third-order valence-electron chi connectivity index (χ3n) is 6.70. The van der Waals surface area contributed by atoms with Crippen molar-refractivity contribution in [3.8, 4) is 16.9 Å². The van der Waals surface area contributed by atoms with E-state index in [1.54, 1.807) is 0 Å². The van der Waals surface area contributed by atoms with Gasteiger partial charge in [-0.3, -0.25) is 0 Å². The van der Waals surface area contributed by atoms with E-state index in [0.29, 0.717) is 0 Å². The molecule has 0 spiro atoms. The number of unbranched alkanes of at least 4 members (excludes halogenated alkanes) is 2. The van der Waals surface area contributed by atoms with E-state index < -0.39 is 0 Å². The first-order chi connectivity index (χ1) is 16.7. The van der Waals surface area contributed by atoms with Gasteiger partial charge in [0.2, 0.25) is 0 Å². The van der Waals surface area contributed by atoms with Crippen LogP contribution in [0.5, 0.6) is 5.75 Å². The number of aryl methyl sites for hydroxylation is 1. The number of fused-ring (bicyclic) bond motifs is 3. The highest BCUT2D eigenvalue weighted by Gasteiger charge is 2.11. The monoisotopic (exact) mass is 458 g/mol. The second kappa shape index (κ2) is 12.0. The van der Waals surface area contributed by atoms with Gasteiger partial charge in [-0.1, -0.05) is 38.5 Å². The van der Waals surface area contributed by atoms with Gasteiger partial charge in [-0.25, -0.2) is 4.98 Å². The van der Waals surface area contributed by atoms with Gasteiger partial charge in [0.25, 0.3) is 0 Å². The molecule has 0 unspecified atom stereocenters. The van der Waals surface area contributed by atoms with Crippen LogP contribution in [0, 0.1) is 0 Å². The van der Waals surface area contributed by atoms with Crippen molar-refractivity contribution in [2.75, 3.05) is 32.8 Å². The second-order valence-corrected chi connectivity index (χ2v) is 8.93. The number of aromatic amines is 1. The van der Waals surface area contributed by atoms with Gasteiger partial charge in [0, 0.05) is 29.0 Å². The highest BCUT2D eigenvalue weighted by atomic mass is 16.5. The van der Waals surface area contributed by atoms with E-state index in [0.717, 1.165) is 81.8 Å². The van der Waals surface area contributed by atoms with Crippen LogP contribution in [0.15, 0.2) is 54.7 Å². The summed E-state index contributed by atoms with van der Waals surface area (Å²) in [5.74, 6) is 0.931. The fourth-order valence-electron chi connectivity index (χ4n) is 4.67. The highest BCUT2D eigenvalue weighted by molar-refractivity contribution is 6.08. The van der Waals surface area contributed by atoms with E-state index >= 15 is 0 Å². The van der Waals surface area contributed by atoms with Crippen LogP contribution < -0.4 is 10.5 Å². The first kappa shape index (κ1) is 24.2. The molecule has 2 aromatic carbocycles. The summed E-state index contributed by atoms with van der Waals surface area (Å²) in [6.45, 7) is 9.20. The van der Waals surface area contributed by atoms with Crippen LogP contribution >= 0.6 is 0 Å². The Morgan fingerprint density at radius 2 is 1.71 bits per heavy atom. The Labute approximate surface area is 203 Å². The first-order valence-corrected chi connectivity index (χ1v) is 12.8. The molecule has 0 saturated carbocycles. The summed E-state index contributed by atoms with van der Waals surface area (Å²) in [4.78, 5) is 10.5. The van der Waals surface area contributed by atoms with Gasteiger partial charge in [0.15, 0.2) is 0 Å². The number of ether oxygens (including phenoxy) is 1. The van der Waals surface area contributed by atoms with Crippen LogP contribution in [0.4, 0.5) is 0 Å². The highest BCUT2D eigenvalue weighted by Crippen LogP contribution is 2.32. The van der Waals surface area contributed by atoms with Crippen molar-refractivity contribution in [2.45, 2.75) is 46.0 Å². The lowest BCUT2D eigenvalue weighted by atomic mass is 9.99. The average molecular weight is 459 g/mol. The van der Waals surface area contributed by atoms with Crippen LogP contribution in [0.2, 0.25) is 0 Å². The molecule has 0 aliphatic heterocycles. The molecule has 0 atom stereocenters. The molecule has 3 N–H and O–H groups in total. The Hall–Kier alpha value is -2.89. The summed E-state index contributed by atoms with van der Waals surface area (Å²) in [6, 6.07) is 17.3. The Morgan fingerprint density at radius 3 is 2.47 bits per heavy atom. The lowest BCUT2D eigenvalue weighted by molar-refractivity contribution is 0.249. The first-order valence-electron chi connectivity index (χ1n) is 12.8. The van der Waals surface area contributed by atoms with Crippen molar-refractivity contribution in [2.24, 2.45) is 5.73 Å².